The van der Waals surface area contributed by atoms with Crippen molar-refractivity contribution < 1.29 is 19.0 Å². The number of hydrogen-bond acceptors (Lipinski definition) is 6. The molecule has 2 aliphatic rings. The number of ether oxygens (including phenoxy) is 3. The summed E-state index contributed by atoms with van der Waals surface area (Å²) in [6.45, 7) is 3.86. The SMILES string of the molecule is CCOc1c(Cc2ncc(C3CC3)nc2C(=O)OC)cccc1C1=CCOCC1. The fourth-order valence-electron chi connectivity index (χ4n) is 3.64. The van der Waals surface area contributed by atoms with Crippen LogP contribution in [0, 0.1) is 0 Å². The Morgan fingerprint density at radius 3 is 2.86 bits per heavy atom. The van der Waals surface area contributed by atoms with Gasteiger partial charge in [-0.05, 0) is 31.8 Å². The van der Waals surface area contributed by atoms with Gasteiger partial charge in [-0.3, -0.25) is 4.98 Å². The zero-order chi connectivity index (χ0) is 20.2. The van der Waals surface area contributed by atoms with Crippen LogP contribution < -0.4 is 4.74 Å². The lowest BCUT2D eigenvalue weighted by Crippen LogP contribution is -2.13. The molecule has 1 saturated carbocycles. The second kappa shape index (κ2) is 8.74. The summed E-state index contributed by atoms with van der Waals surface area (Å²) >= 11 is 0. The summed E-state index contributed by atoms with van der Waals surface area (Å²) < 4.78 is 16.5. The zero-order valence-corrected chi connectivity index (χ0v) is 16.9. The number of rotatable bonds is 7. The molecule has 2 heterocycles. The van der Waals surface area contributed by atoms with E-state index in [9.17, 15) is 4.79 Å². The van der Waals surface area contributed by atoms with E-state index in [2.05, 4.69) is 22.1 Å². The molecule has 6 nitrogen and oxygen atoms in total. The third kappa shape index (κ3) is 4.32. The first-order chi connectivity index (χ1) is 14.2. The van der Waals surface area contributed by atoms with Gasteiger partial charge in [0.05, 0.1) is 38.3 Å². The topological polar surface area (TPSA) is 70.5 Å². The third-order valence-electron chi connectivity index (χ3n) is 5.29. The molecule has 0 bridgehead atoms. The average Bonchev–Trinajstić information content (AvgIpc) is 3.61. The molecule has 0 amide bonds. The molecule has 1 aromatic heterocycles. The number of esters is 1. The van der Waals surface area contributed by atoms with Crippen molar-refractivity contribution in [1.29, 1.82) is 0 Å². The van der Waals surface area contributed by atoms with E-state index in [1.54, 1.807) is 6.20 Å². The van der Waals surface area contributed by atoms with E-state index in [-0.39, 0.29) is 0 Å². The van der Waals surface area contributed by atoms with Crippen LogP contribution in [-0.4, -0.2) is 42.9 Å². The Kier molecular flexibility index (Phi) is 5.90. The van der Waals surface area contributed by atoms with Gasteiger partial charge < -0.3 is 14.2 Å². The van der Waals surface area contributed by atoms with E-state index in [1.165, 1.54) is 12.7 Å². The number of benzene rings is 1. The van der Waals surface area contributed by atoms with Gasteiger partial charge in [0, 0.05) is 29.7 Å². The van der Waals surface area contributed by atoms with Gasteiger partial charge in [-0.15, -0.1) is 0 Å². The van der Waals surface area contributed by atoms with Crippen molar-refractivity contribution in [3.8, 4) is 5.75 Å². The van der Waals surface area contributed by atoms with E-state index in [4.69, 9.17) is 14.2 Å². The van der Waals surface area contributed by atoms with Crippen molar-refractivity contribution >= 4 is 11.5 Å². The Morgan fingerprint density at radius 1 is 1.31 bits per heavy atom. The highest BCUT2D eigenvalue weighted by Crippen LogP contribution is 2.39. The van der Waals surface area contributed by atoms with Crippen molar-refractivity contribution in [2.75, 3.05) is 26.9 Å². The summed E-state index contributed by atoms with van der Waals surface area (Å²) in [6, 6.07) is 6.12. The maximum absolute atomic E-state index is 12.4. The van der Waals surface area contributed by atoms with E-state index in [0.29, 0.717) is 43.5 Å². The number of nitrogens with zero attached hydrogens (tertiary/aromatic N) is 2. The van der Waals surface area contributed by atoms with E-state index >= 15 is 0 Å². The number of para-hydroxylation sites is 1. The maximum atomic E-state index is 12.4. The van der Waals surface area contributed by atoms with E-state index < -0.39 is 5.97 Å². The van der Waals surface area contributed by atoms with Crippen molar-refractivity contribution in [2.45, 2.75) is 38.5 Å². The molecule has 0 unspecified atom stereocenters. The minimum absolute atomic E-state index is 0.301. The Balaban J connectivity index is 1.72. The van der Waals surface area contributed by atoms with Crippen molar-refractivity contribution in [3.63, 3.8) is 0 Å². The van der Waals surface area contributed by atoms with Crippen LogP contribution in [0.25, 0.3) is 5.57 Å². The van der Waals surface area contributed by atoms with Gasteiger partial charge in [-0.25, -0.2) is 9.78 Å². The van der Waals surface area contributed by atoms with Gasteiger partial charge in [0.2, 0.25) is 0 Å². The van der Waals surface area contributed by atoms with E-state index in [0.717, 1.165) is 41.8 Å². The van der Waals surface area contributed by atoms with Crippen LogP contribution in [0.5, 0.6) is 5.75 Å². The molecular weight excluding hydrogens is 368 g/mol. The summed E-state index contributed by atoms with van der Waals surface area (Å²) in [7, 11) is 1.38. The summed E-state index contributed by atoms with van der Waals surface area (Å²) in [4.78, 5) is 21.5. The lowest BCUT2D eigenvalue weighted by molar-refractivity contribution is 0.0591. The average molecular weight is 394 g/mol. The summed E-state index contributed by atoms with van der Waals surface area (Å²) in [5.74, 6) is 0.811. The first-order valence-electron chi connectivity index (χ1n) is 10.2. The van der Waals surface area contributed by atoms with Gasteiger partial charge in [0.1, 0.15) is 5.75 Å². The van der Waals surface area contributed by atoms with Crippen LogP contribution in [0.2, 0.25) is 0 Å². The highest BCUT2D eigenvalue weighted by molar-refractivity contribution is 5.88. The molecule has 1 aliphatic carbocycles. The van der Waals surface area contributed by atoms with Gasteiger partial charge in [-0.2, -0.15) is 0 Å². The molecule has 0 saturated heterocycles. The second-order valence-corrected chi connectivity index (χ2v) is 7.31. The molecule has 1 aromatic carbocycles. The molecule has 0 spiro atoms. The second-order valence-electron chi connectivity index (χ2n) is 7.31. The lowest BCUT2D eigenvalue weighted by Gasteiger charge is -2.20. The van der Waals surface area contributed by atoms with Gasteiger partial charge in [0.25, 0.3) is 0 Å². The molecule has 2 aromatic rings. The molecule has 29 heavy (non-hydrogen) atoms. The number of carbonyl (C=O) groups is 1. The summed E-state index contributed by atoms with van der Waals surface area (Å²) in [5, 5.41) is 0. The molecule has 1 fully saturated rings. The number of hydrogen-bond donors (Lipinski definition) is 0. The fraction of sp³-hybridized carbons (Fsp3) is 0.435. The first kappa shape index (κ1) is 19.6. The monoisotopic (exact) mass is 394 g/mol. The highest BCUT2D eigenvalue weighted by atomic mass is 16.5. The van der Waals surface area contributed by atoms with Gasteiger partial charge in [0.15, 0.2) is 5.69 Å². The lowest BCUT2D eigenvalue weighted by atomic mass is 9.96. The van der Waals surface area contributed by atoms with Crippen LogP contribution in [0.4, 0.5) is 0 Å². The minimum Gasteiger partial charge on any atom is -0.493 e. The van der Waals surface area contributed by atoms with Crippen LogP contribution in [-0.2, 0) is 15.9 Å². The van der Waals surface area contributed by atoms with Crippen LogP contribution >= 0.6 is 0 Å². The third-order valence-corrected chi connectivity index (χ3v) is 5.29. The fourth-order valence-corrected chi connectivity index (χ4v) is 3.64. The van der Waals surface area contributed by atoms with Crippen molar-refractivity contribution in [2.24, 2.45) is 0 Å². The van der Waals surface area contributed by atoms with Crippen LogP contribution in [0.1, 0.15) is 65.1 Å². The standard InChI is InChI=1S/C23H26N2O4/c1-3-29-22-17(5-4-6-18(22)15-9-11-28-12-10-15)13-19-21(23(26)27-2)25-20(14-24-19)16-7-8-16/h4-6,9,14,16H,3,7-8,10-13H2,1-2H3. The number of aromatic nitrogens is 2. The molecular formula is C23H26N2O4. The maximum Gasteiger partial charge on any atom is 0.358 e. The molecule has 6 heteroatoms. The summed E-state index contributed by atoms with van der Waals surface area (Å²) in [6.07, 6.45) is 7.41. The Hall–Kier alpha value is -2.73. The molecule has 1 aliphatic heterocycles. The van der Waals surface area contributed by atoms with E-state index in [1.807, 2.05) is 19.1 Å². The number of carbonyl (C=O) groups excluding carboxylic acids is 1. The minimum atomic E-state index is -0.448. The normalized spacial score (nSPS) is 16.3. The number of methoxy groups -OCH3 is 1. The molecule has 4 rings (SSSR count). The largest absolute Gasteiger partial charge is 0.493 e. The Labute approximate surface area is 170 Å². The Bertz CT molecular complexity index is 934. The Morgan fingerprint density at radius 2 is 2.17 bits per heavy atom. The van der Waals surface area contributed by atoms with Gasteiger partial charge in [-0.1, -0.05) is 24.3 Å². The predicted octanol–water partition coefficient (Wildman–Crippen LogP) is 3.93. The zero-order valence-electron chi connectivity index (χ0n) is 16.9. The van der Waals surface area contributed by atoms with Crippen molar-refractivity contribution in [1.82, 2.24) is 9.97 Å². The predicted molar refractivity (Wildman–Crippen MR) is 109 cm³/mol. The smallest absolute Gasteiger partial charge is 0.358 e. The molecule has 152 valence electrons. The molecule has 0 atom stereocenters. The summed E-state index contributed by atoms with van der Waals surface area (Å²) in [5.41, 5.74) is 5.07. The van der Waals surface area contributed by atoms with Crippen molar-refractivity contribution in [3.05, 3.63) is 58.7 Å². The van der Waals surface area contributed by atoms with Gasteiger partial charge >= 0.3 is 5.97 Å². The first-order valence-corrected chi connectivity index (χ1v) is 10.2. The van der Waals surface area contributed by atoms with Crippen LogP contribution in [0.3, 0.4) is 0 Å². The molecule has 0 N–H and O–H groups in total. The highest BCUT2D eigenvalue weighted by Gasteiger charge is 2.28. The molecule has 0 radical (unpaired) electrons. The quantitative estimate of drug-likeness (QED) is 0.663. The van der Waals surface area contributed by atoms with Crippen LogP contribution in [0.15, 0.2) is 30.5 Å².